The van der Waals surface area contributed by atoms with Crippen molar-refractivity contribution >= 4 is 5.97 Å². The number of cyclic esters (lactones) is 1. The van der Waals surface area contributed by atoms with E-state index in [1.165, 1.54) is 25.7 Å². The predicted molar refractivity (Wildman–Crippen MR) is 80.3 cm³/mol. The van der Waals surface area contributed by atoms with Gasteiger partial charge in [0.2, 0.25) is 0 Å². The number of hydrogen-bond acceptors (Lipinski definition) is 2. The van der Waals surface area contributed by atoms with Gasteiger partial charge in [0.15, 0.2) is 0 Å². The SMILES string of the molecule is CC[C@H]1OC(=O)[C@]2(CC)CC3(CC)CCCC=C3C[C@H]12. The third-order valence-corrected chi connectivity index (χ3v) is 6.56. The van der Waals surface area contributed by atoms with Gasteiger partial charge in [-0.2, -0.15) is 0 Å². The van der Waals surface area contributed by atoms with E-state index in [-0.39, 0.29) is 17.5 Å². The maximum absolute atomic E-state index is 12.6. The van der Waals surface area contributed by atoms with E-state index >= 15 is 0 Å². The van der Waals surface area contributed by atoms with Crippen LogP contribution in [0.15, 0.2) is 11.6 Å². The molecule has 2 nitrogen and oxygen atoms in total. The first-order chi connectivity index (χ1) is 9.62. The van der Waals surface area contributed by atoms with Crippen molar-refractivity contribution in [3.05, 3.63) is 11.6 Å². The quantitative estimate of drug-likeness (QED) is 0.554. The van der Waals surface area contributed by atoms with Crippen LogP contribution >= 0.6 is 0 Å². The monoisotopic (exact) mass is 276 g/mol. The van der Waals surface area contributed by atoms with Gasteiger partial charge in [0.1, 0.15) is 6.10 Å². The molecule has 4 atom stereocenters. The van der Waals surface area contributed by atoms with Crippen molar-refractivity contribution in [2.24, 2.45) is 16.7 Å². The van der Waals surface area contributed by atoms with Crippen LogP contribution in [0.5, 0.6) is 0 Å². The van der Waals surface area contributed by atoms with Crippen LogP contribution in [0.3, 0.4) is 0 Å². The van der Waals surface area contributed by atoms with Crippen molar-refractivity contribution in [2.45, 2.75) is 78.2 Å². The first kappa shape index (κ1) is 14.2. The van der Waals surface area contributed by atoms with Crippen molar-refractivity contribution in [1.29, 1.82) is 0 Å². The lowest BCUT2D eigenvalue weighted by Crippen LogP contribution is -2.46. The molecule has 3 aliphatic rings. The number of hydrogen-bond donors (Lipinski definition) is 0. The van der Waals surface area contributed by atoms with Gasteiger partial charge in [-0.1, -0.05) is 32.4 Å². The Morgan fingerprint density at radius 3 is 2.75 bits per heavy atom. The summed E-state index contributed by atoms with van der Waals surface area (Å²) in [5, 5.41) is 0. The molecular weight excluding hydrogens is 248 g/mol. The molecule has 1 unspecified atom stereocenters. The minimum absolute atomic E-state index is 0.106. The molecule has 2 aliphatic carbocycles. The Labute approximate surface area is 123 Å². The maximum atomic E-state index is 12.6. The molecule has 2 fully saturated rings. The molecule has 0 aromatic heterocycles. The van der Waals surface area contributed by atoms with Gasteiger partial charge < -0.3 is 4.74 Å². The van der Waals surface area contributed by atoms with Gasteiger partial charge >= 0.3 is 5.97 Å². The van der Waals surface area contributed by atoms with Gasteiger partial charge in [-0.15, -0.1) is 0 Å². The van der Waals surface area contributed by atoms with Crippen molar-refractivity contribution in [2.75, 3.05) is 0 Å². The number of rotatable bonds is 3. The van der Waals surface area contributed by atoms with E-state index in [1.54, 1.807) is 5.57 Å². The van der Waals surface area contributed by atoms with Crippen LogP contribution in [0.4, 0.5) is 0 Å². The first-order valence-electron chi connectivity index (χ1n) is 8.52. The van der Waals surface area contributed by atoms with Gasteiger partial charge in [0.25, 0.3) is 0 Å². The Kier molecular flexibility index (Phi) is 3.46. The summed E-state index contributed by atoms with van der Waals surface area (Å²) in [5.41, 5.74) is 1.76. The van der Waals surface area contributed by atoms with E-state index in [2.05, 4.69) is 26.8 Å². The van der Waals surface area contributed by atoms with E-state index in [4.69, 9.17) is 4.74 Å². The van der Waals surface area contributed by atoms with Crippen molar-refractivity contribution < 1.29 is 9.53 Å². The average Bonchev–Trinajstić information content (AvgIpc) is 2.77. The van der Waals surface area contributed by atoms with Gasteiger partial charge in [-0.05, 0) is 56.8 Å². The van der Waals surface area contributed by atoms with Crippen LogP contribution in [0, 0.1) is 16.7 Å². The van der Waals surface area contributed by atoms with Crippen LogP contribution in [-0.2, 0) is 9.53 Å². The Morgan fingerprint density at radius 2 is 2.10 bits per heavy atom. The molecule has 3 rings (SSSR count). The summed E-state index contributed by atoms with van der Waals surface area (Å²) in [6.07, 6.45) is 11.7. The molecule has 0 amide bonds. The molecule has 1 aliphatic heterocycles. The van der Waals surface area contributed by atoms with E-state index in [9.17, 15) is 4.79 Å². The fraction of sp³-hybridized carbons (Fsp3) is 0.833. The van der Waals surface area contributed by atoms with E-state index in [0.717, 1.165) is 25.7 Å². The number of ether oxygens (including phenoxy) is 1. The number of esters is 1. The molecule has 0 bridgehead atoms. The largest absolute Gasteiger partial charge is 0.462 e. The van der Waals surface area contributed by atoms with E-state index in [0.29, 0.717) is 11.3 Å². The van der Waals surface area contributed by atoms with E-state index in [1.807, 2.05) is 0 Å². The highest BCUT2D eigenvalue weighted by Gasteiger charge is 2.61. The normalized spacial score (nSPS) is 43.5. The van der Waals surface area contributed by atoms with Crippen LogP contribution in [0.2, 0.25) is 0 Å². The molecule has 0 aromatic carbocycles. The van der Waals surface area contributed by atoms with Gasteiger partial charge in [0.05, 0.1) is 5.41 Å². The van der Waals surface area contributed by atoms with Crippen LogP contribution in [0.25, 0.3) is 0 Å². The van der Waals surface area contributed by atoms with Gasteiger partial charge in [-0.3, -0.25) is 4.79 Å². The third-order valence-electron chi connectivity index (χ3n) is 6.56. The van der Waals surface area contributed by atoms with Crippen LogP contribution in [0.1, 0.15) is 72.1 Å². The lowest BCUT2D eigenvalue weighted by atomic mass is 9.51. The zero-order valence-corrected chi connectivity index (χ0v) is 13.2. The average molecular weight is 276 g/mol. The maximum Gasteiger partial charge on any atom is 0.312 e. The number of allylic oxidation sites excluding steroid dienone is 2. The number of fused-ring (bicyclic) bond motifs is 2. The topological polar surface area (TPSA) is 26.3 Å². The Hall–Kier alpha value is -0.790. The molecule has 0 spiro atoms. The summed E-state index contributed by atoms with van der Waals surface area (Å²) in [4.78, 5) is 12.6. The van der Waals surface area contributed by atoms with Crippen LogP contribution in [-0.4, -0.2) is 12.1 Å². The molecule has 2 heteroatoms. The third kappa shape index (κ3) is 1.72. The molecule has 1 saturated heterocycles. The molecule has 1 heterocycles. The lowest BCUT2D eigenvalue weighted by Gasteiger charge is -2.51. The minimum atomic E-state index is -0.189. The van der Waals surface area contributed by atoms with Crippen LogP contribution < -0.4 is 0 Å². The smallest absolute Gasteiger partial charge is 0.312 e. The summed E-state index contributed by atoms with van der Waals surface area (Å²) in [7, 11) is 0. The Balaban J connectivity index is 2.03. The standard InChI is InChI=1S/C18H28O2/c1-4-15-14-11-13-9-7-8-10-17(13,5-2)12-18(14,6-3)16(19)20-15/h9,14-15H,4-8,10-12H2,1-3H3/t14-,15-,17?,18-/m1/s1. The van der Waals surface area contributed by atoms with E-state index < -0.39 is 0 Å². The molecule has 1 saturated carbocycles. The highest BCUT2D eigenvalue weighted by molar-refractivity contribution is 5.80. The Morgan fingerprint density at radius 1 is 1.30 bits per heavy atom. The lowest BCUT2D eigenvalue weighted by molar-refractivity contribution is -0.151. The van der Waals surface area contributed by atoms with Crippen molar-refractivity contribution in [3.63, 3.8) is 0 Å². The first-order valence-corrected chi connectivity index (χ1v) is 8.52. The molecule has 20 heavy (non-hydrogen) atoms. The highest BCUT2D eigenvalue weighted by atomic mass is 16.6. The zero-order chi connectivity index (χ0) is 14.4. The number of carbonyl (C=O) groups excluding carboxylic acids is 1. The van der Waals surface area contributed by atoms with Gasteiger partial charge in [-0.25, -0.2) is 0 Å². The second-order valence-electron chi connectivity index (χ2n) is 7.10. The fourth-order valence-corrected chi connectivity index (χ4v) is 5.24. The zero-order valence-electron chi connectivity index (χ0n) is 13.2. The summed E-state index contributed by atoms with van der Waals surface area (Å²) in [5.74, 6) is 0.531. The summed E-state index contributed by atoms with van der Waals surface area (Å²) in [6, 6.07) is 0. The summed E-state index contributed by atoms with van der Waals surface area (Å²) >= 11 is 0. The highest BCUT2D eigenvalue weighted by Crippen LogP contribution is 2.63. The molecule has 0 aromatic rings. The number of carbonyl (C=O) groups is 1. The fourth-order valence-electron chi connectivity index (χ4n) is 5.24. The molecule has 112 valence electrons. The molecule has 0 radical (unpaired) electrons. The summed E-state index contributed by atoms with van der Waals surface area (Å²) < 4.78 is 5.78. The van der Waals surface area contributed by atoms with Crippen molar-refractivity contribution in [1.82, 2.24) is 0 Å². The Bertz CT molecular complexity index is 439. The summed E-state index contributed by atoms with van der Waals surface area (Å²) in [6.45, 7) is 6.65. The second-order valence-corrected chi connectivity index (χ2v) is 7.10. The minimum Gasteiger partial charge on any atom is -0.462 e. The molecule has 0 N–H and O–H groups in total. The van der Waals surface area contributed by atoms with Crippen molar-refractivity contribution in [3.8, 4) is 0 Å². The molecular formula is C18H28O2. The second kappa shape index (κ2) is 4.89. The predicted octanol–water partition coefficient (Wildman–Crippen LogP) is 4.63. The van der Waals surface area contributed by atoms with Gasteiger partial charge in [0, 0.05) is 5.92 Å².